The molecule has 0 N–H and O–H groups in total. The van der Waals surface area contributed by atoms with Gasteiger partial charge in [0.1, 0.15) is 5.15 Å². The lowest BCUT2D eigenvalue weighted by Crippen LogP contribution is -2.34. The standard InChI is InChI=1S/C13H16BrClN2O/c14-10-8-11(12(15)16-9-10)13(18)17-6-4-2-1-3-5-7-17/h8-9H,1-7H2. The van der Waals surface area contributed by atoms with Crippen molar-refractivity contribution >= 4 is 33.4 Å². The van der Waals surface area contributed by atoms with E-state index in [2.05, 4.69) is 20.9 Å². The zero-order valence-corrected chi connectivity index (χ0v) is 12.5. The lowest BCUT2D eigenvalue weighted by Gasteiger charge is -2.25. The summed E-state index contributed by atoms with van der Waals surface area (Å²) in [5.74, 6) is -0.00398. The summed E-state index contributed by atoms with van der Waals surface area (Å²) in [5.41, 5.74) is 0.492. The van der Waals surface area contributed by atoms with Crippen molar-refractivity contribution in [1.82, 2.24) is 9.88 Å². The fourth-order valence-corrected chi connectivity index (χ4v) is 2.71. The highest BCUT2D eigenvalue weighted by atomic mass is 79.9. The lowest BCUT2D eigenvalue weighted by molar-refractivity contribution is 0.0742. The molecule has 0 unspecified atom stereocenters. The average molecular weight is 332 g/mol. The van der Waals surface area contributed by atoms with E-state index in [4.69, 9.17) is 11.6 Å². The Morgan fingerprint density at radius 2 is 1.83 bits per heavy atom. The molecule has 1 amide bonds. The Bertz CT molecular complexity index is 431. The number of carbonyl (C=O) groups is 1. The number of rotatable bonds is 1. The lowest BCUT2D eigenvalue weighted by atomic mass is 10.1. The van der Waals surface area contributed by atoms with E-state index in [1.165, 1.54) is 19.3 Å². The van der Waals surface area contributed by atoms with Crippen LogP contribution in [0.4, 0.5) is 0 Å². The molecule has 1 saturated heterocycles. The molecular weight excluding hydrogens is 316 g/mol. The minimum absolute atomic E-state index is 0.00398. The van der Waals surface area contributed by atoms with Gasteiger partial charge in [-0.05, 0) is 34.8 Å². The molecule has 1 aliphatic heterocycles. The van der Waals surface area contributed by atoms with Gasteiger partial charge in [0.15, 0.2) is 0 Å². The monoisotopic (exact) mass is 330 g/mol. The van der Waals surface area contributed by atoms with E-state index in [0.29, 0.717) is 5.56 Å². The molecular formula is C13H16BrClN2O. The van der Waals surface area contributed by atoms with Crippen molar-refractivity contribution in [1.29, 1.82) is 0 Å². The quantitative estimate of drug-likeness (QED) is 0.731. The number of halogens is 2. The zero-order valence-electron chi connectivity index (χ0n) is 10.2. The van der Waals surface area contributed by atoms with Crippen LogP contribution in [0.15, 0.2) is 16.7 Å². The number of likely N-dealkylation sites (tertiary alicyclic amines) is 1. The second kappa shape index (κ2) is 6.53. The average Bonchev–Trinajstić information content (AvgIpc) is 2.31. The van der Waals surface area contributed by atoms with Crippen LogP contribution in [0.2, 0.25) is 5.15 Å². The minimum atomic E-state index is -0.00398. The number of pyridine rings is 1. The summed E-state index contributed by atoms with van der Waals surface area (Å²) in [5, 5.41) is 0.283. The summed E-state index contributed by atoms with van der Waals surface area (Å²) in [6.45, 7) is 1.64. The second-order valence-electron chi connectivity index (χ2n) is 4.55. The SMILES string of the molecule is O=C(c1cc(Br)cnc1Cl)N1CCCCCCC1. The molecule has 0 atom stereocenters. The molecule has 0 aromatic carbocycles. The van der Waals surface area contributed by atoms with Gasteiger partial charge in [0.25, 0.3) is 5.91 Å². The van der Waals surface area contributed by atoms with Gasteiger partial charge in [0.05, 0.1) is 5.56 Å². The summed E-state index contributed by atoms with van der Waals surface area (Å²) in [6, 6.07) is 1.75. The second-order valence-corrected chi connectivity index (χ2v) is 5.83. The molecule has 1 aromatic rings. The van der Waals surface area contributed by atoms with Gasteiger partial charge in [-0.1, -0.05) is 30.9 Å². The van der Waals surface area contributed by atoms with E-state index < -0.39 is 0 Å². The van der Waals surface area contributed by atoms with Crippen LogP contribution in [-0.4, -0.2) is 28.9 Å². The smallest absolute Gasteiger partial charge is 0.257 e. The maximum atomic E-state index is 12.4. The molecule has 1 aliphatic rings. The van der Waals surface area contributed by atoms with Crippen LogP contribution in [0.1, 0.15) is 42.5 Å². The van der Waals surface area contributed by atoms with Gasteiger partial charge in [0, 0.05) is 23.8 Å². The highest BCUT2D eigenvalue weighted by molar-refractivity contribution is 9.10. The van der Waals surface area contributed by atoms with E-state index in [1.807, 2.05) is 4.90 Å². The predicted molar refractivity (Wildman–Crippen MR) is 75.9 cm³/mol. The van der Waals surface area contributed by atoms with E-state index in [9.17, 15) is 4.79 Å². The number of amides is 1. The minimum Gasteiger partial charge on any atom is -0.339 e. The van der Waals surface area contributed by atoms with Crippen molar-refractivity contribution in [2.75, 3.05) is 13.1 Å². The first-order valence-corrected chi connectivity index (χ1v) is 7.46. The molecule has 18 heavy (non-hydrogen) atoms. The number of aromatic nitrogens is 1. The number of hydrogen-bond acceptors (Lipinski definition) is 2. The van der Waals surface area contributed by atoms with Gasteiger partial charge < -0.3 is 4.90 Å². The Morgan fingerprint density at radius 3 is 2.50 bits per heavy atom. The fourth-order valence-electron chi connectivity index (χ4n) is 2.19. The maximum absolute atomic E-state index is 12.4. The molecule has 0 saturated carbocycles. The van der Waals surface area contributed by atoms with Crippen molar-refractivity contribution in [3.05, 3.63) is 27.5 Å². The Morgan fingerprint density at radius 1 is 1.22 bits per heavy atom. The Hall–Kier alpha value is -0.610. The first-order valence-electron chi connectivity index (χ1n) is 6.29. The molecule has 0 radical (unpaired) electrons. The first kappa shape index (κ1) is 13.8. The van der Waals surface area contributed by atoms with Crippen molar-refractivity contribution in [2.24, 2.45) is 0 Å². The number of hydrogen-bond donors (Lipinski definition) is 0. The summed E-state index contributed by atoms with van der Waals surface area (Å²) in [7, 11) is 0. The van der Waals surface area contributed by atoms with Crippen LogP contribution in [0.3, 0.4) is 0 Å². The number of carbonyl (C=O) groups excluding carboxylic acids is 1. The third-order valence-electron chi connectivity index (χ3n) is 3.18. The van der Waals surface area contributed by atoms with Gasteiger partial charge in [-0.3, -0.25) is 4.79 Å². The summed E-state index contributed by atoms with van der Waals surface area (Å²) in [6.07, 6.45) is 7.44. The molecule has 2 rings (SSSR count). The van der Waals surface area contributed by atoms with Crippen LogP contribution in [0.25, 0.3) is 0 Å². The third kappa shape index (κ3) is 3.45. The summed E-state index contributed by atoms with van der Waals surface area (Å²) >= 11 is 9.33. The molecule has 3 nitrogen and oxygen atoms in total. The zero-order chi connectivity index (χ0) is 13.0. The molecule has 0 bridgehead atoms. The Kier molecular flexibility index (Phi) is 5.01. The highest BCUT2D eigenvalue weighted by Crippen LogP contribution is 2.21. The molecule has 1 fully saturated rings. The van der Waals surface area contributed by atoms with Crippen molar-refractivity contribution in [3.8, 4) is 0 Å². The molecule has 98 valence electrons. The van der Waals surface area contributed by atoms with Crippen molar-refractivity contribution in [3.63, 3.8) is 0 Å². The van der Waals surface area contributed by atoms with E-state index >= 15 is 0 Å². The normalized spacial score (nSPS) is 17.1. The Balaban J connectivity index is 2.15. The van der Waals surface area contributed by atoms with Crippen LogP contribution >= 0.6 is 27.5 Å². The van der Waals surface area contributed by atoms with E-state index in [0.717, 1.165) is 30.4 Å². The molecule has 0 aliphatic carbocycles. The van der Waals surface area contributed by atoms with Gasteiger partial charge in [0.2, 0.25) is 0 Å². The van der Waals surface area contributed by atoms with Crippen LogP contribution in [-0.2, 0) is 0 Å². The van der Waals surface area contributed by atoms with Gasteiger partial charge in [-0.2, -0.15) is 0 Å². The Labute approximate surface area is 121 Å². The third-order valence-corrected chi connectivity index (χ3v) is 3.91. The first-order chi connectivity index (χ1) is 8.68. The van der Waals surface area contributed by atoms with E-state index in [1.54, 1.807) is 12.3 Å². The summed E-state index contributed by atoms with van der Waals surface area (Å²) in [4.78, 5) is 18.3. The van der Waals surface area contributed by atoms with Crippen LogP contribution in [0, 0.1) is 0 Å². The largest absolute Gasteiger partial charge is 0.339 e. The van der Waals surface area contributed by atoms with Gasteiger partial charge >= 0.3 is 0 Å². The van der Waals surface area contributed by atoms with Crippen LogP contribution < -0.4 is 0 Å². The fraction of sp³-hybridized carbons (Fsp3) is 0.538. The molecule has 2 heterocycles. The van der Waals surface area contributed by atoms with Crippen LogP contribution in [0.5, 0.6) is 0 Å². The van der Waals surface area contributed by atoms with Crippen molar-refractivity contribution in [2.45, 2.75) is 32.1 Å². The highest BCUT2D eigenvalue weighted by Gasteiger charge is 2.19. The van der Waals surface area contributed by atoms with Gasteiger partial charge in [-0.15, -0.1) is 0 Å². The maximum Gasteiger partial charge on any atom is 0.257 e. The molecule has 5 heteroatoms. The summed E-state index contributed by atoms with van der Waals surface area (Å²) < 4.78 is 0.780. The van der Waals surface area contributed by atoms with E-state index in [-0.39, 0.29) is 11.1 Å². The van der Waals surface area contributed by atoms with Gasteiger partial charge in [-0.25, -0.2) is 4.98 Å². The topological polar surface area (TPSA) is 33.2 Å². The molecule has 0 spiro atoms. The molecule has 1 aromatic heterocycles. The van der Waals surface area contributed by atoms with Crippen molar-refractivity contribution < 1.29 is 4.79 Å². The predicted octanol–water partition coefficient (Wildman–Crippen LogP) is 3.90. The number of nitrogens with zero attached hydrogens (tertiary/aromatic N) is 2.